The average molecular weight is 205 g/mol. The number of hydrogen-bond acceptors (Lipinski definition) is 4. The van der Waals surface area contributed by atoms with Crippen molar-refractivity contribution < 1.29 is 24.5 Å². The van der Waals surface area contributed by atoms with Crippen LogP contribution < -0.4 is 5.32 Å². The Morgan fingerprint density at radius 2 is 2.14 bits per heavy atom. The SMILES string of the molecule is CCOCCC(=O)NCC(O)C(=O)O. The first-order chi connectivity index (χ1) is 6.57. The average Bonchev–Trinajstić information content (AvgIpc) is 2.14. The number of amides is 1. The number of carbonyl (C=O) groups is 2. The maximum atomic E-state index is 10.9. The number of carboxylic acids is 1. The number of ether oxygens (including phenoxy) is 1. The Bertz CT molecular complexity index is 194. The van der Waals surface area contributed by atoms with Crippen LogP contribution in [0.5, 0.6) is 0 Å². The fourth-order valence-electron chi connectivity index (χ4n) is 0.695. The molecule has 0 spiro atoms. The Morgan fingerprint density at radius 1 is 1.50 bits per heavy atom. The summed E-state index contributed by atoms with van der Waals surface area (Å²) in [6.45, 7) is 2.36. The van der Waals surface area contributed by atoms with E-state index in [2.05, 4.69) is 5.32 Å². The highest BCUT2D eigenvalue weighted by atomic mass is 16.5. The van der Waals surface area contributed by atoms with E-state index in [0.717, 1.165) is 0 Å². The molecule has 14 heavy (non-hydrogen) atoms. The van der Waals surface area contributed by atoms with Crippen molar-refractivity contribution in [2.24, 2.45) is 0 Å². The monoisotopic (exact) mass is 205 g/mol. The fourth-order valence-corrected chi connectivity index (χ4v) is 0.695. The van der Waals surface area contributed by atoms with Crippen LogP contribution in [0, 0.1) is 0 Å². The Morgan fingerprint density at radius 3 is 2.64 bits per heavy atom. The molecule has 0 bridgehead atoms. The van der Waals surface area contributed by atoms with Crippen molar-refractivity contribution in [1.29, 1.82) is 0 Å². The van der Waals surface area contributed by atoms with Gasteiger partial charge in [-0.2, -0.15) is 0 Å². The van der Waals surface area contributed by atoms with E-state index in [0.29, 0.717) is 13.2 Å². The van der Waals surface area contributed by atoms with E-state index in [1.807, 2.05) is 6.92 Å². The van der Waals surface area contributed by atoms with Crippen LogP contribution in [-0.2, 0) is 14.3 Å². The van der Waals surface area contributed by atoms with Crippen LogP contribution in [0.2, 0.25) is 0 Å². The predicted octanol–water partition coefficient (Wildman–Crippen LogP) is -1.03. The number of aliphatic hydroxyl groups excluding tert-OH is 1. The van der Waals surface area contributed by atoms with E-state index in [1.54, 1.807) is 0 Å². The van der Waals surface area contributed by atoms with E-state index in [4.69, 9.17) is 14.9 Å². The quantitative estimate of drug-likeness (QED) is 0.462. The van der Waals surface area contributed by atoms with E-state index in [9.17, 15) is 9.59 Å². The molecule has 0 aliphatic carbocycles. The molecule has 0 saturated carbocycles. The lowest BCUT2D eigenvalue weighted by atomic mass is 10.3. The first-order valence-corrected chi connectivity index (χ1v) is 4.33. The molecule has 3 N–H and O–H groups in total. The molecule has 0 heterocycles. The second kappa shape index (κ2) is 7.28. The number of rotatable bonds is 7. The topological polar surface area (TPSA) is 95.9 Å². The molecule has 0 aliphatic rings. The summed E-state index contributed by atoms with van der Waals surface area (Å²) in [5.74, 6) is -1.69. The third-order valence-electron chi connectivity index (χ3n) is 1.46. The van der Waals surface area contributed by atoms with E-state index in [-0.39, 0.29) is 18.9 Å². The van der Waals surface area contributed by atoms with Gasteiger partial charge in [-0.1, -0.05) is 0 Å². The van der Waals surface area contributed by atoms with Crippen molar-refractivity contribution in [2.75, 3.05) is 19.8 Å². The molecule has 6 heteroatoms. The molecule has 0 saturated heterocycles. The Balaban J connectivity index is 3.48. The zero-order chi connectivity index (χ0) is 11.0. The molecule has 0 aromatic rings. The minimum Gasteiger partial charge on any atom is -0.479 e. The number of carboxylic acid groups (broad SMARTS) is 1. The zero-order valence-corrected chi connectivity index (χ0v) is 8.02. The van der Waals surface area contributed by atoms with E-state index in [1.165, 1.54) is 0 Å². The van der Waals surface area contributed by atoms with Gasteiger partial charge in [0.15, 0.2) is 6.10 Å². The Hall–Kier alpha value is -1.14. The summed E-state index contributed by atoms with van der Waals surface area (Å²) in [6, 6.07) is 0. The second-order valence-corrected chi connectivity index (χ2v) is 2.61. The molecule has 1 amide bonds. The van der Waals surface area contributed by atoms with Gasteiger partial charge in [-0.15, -0.1) is 0 Å². The number of nitrogens with one attached hydrogen (secondary N) is 1. The number of aliphatic carboxylic acids is 1. The van der Waals surface area contributed by atoms with Crippen molar-refractivity contribution in [1.82, 2.24) is 5.32 Å². The van der Waals surface area contributed by atoms with Gasteiger partial charge in [0.2, 0.25) is 5.91 Å². The molecule has 0 aromatic carbocycles. The van der Waals surface area contributed by atoms with Crippen LogP contribution >= 0.6 is 0 Å². The molecule has 82 valence electrons. The van der Waals surface area contributed by atoms with Crippen molar-refractivity contribution in [2.45, 2.75) is 19.4 Å². The number of hydrogen-bond donors (Lipinski definition) is 3. The molecular weight excluding hydrogens is 190 g/mol. The normalized spacial score (nSPS) is 12.1. The molecule has 0 aliphatic heterocycles. The van der Waals surface area contributed by atoms with Gasteiger partial charge in [0, 0.05) is 13.0 Å². The standard InChI is InChI=1S/C8H15NO5/c1-2-14-4-3-7(11)9-5-6(10)8(12)13/h6,10H,2-5H2,1H3,(H,9,11)(H,12,13). The molecule has 0 rings (SSSR count). The first kappa shape index (κ1) is 12.9. The van der Waals surface area contributed by atoms with Gasteiger partial charge in [0.05, 0.1) is 13.2 Å². The van der Waals surface area contributed by atoms with Crippen molar-refractivity contribution in [3.05, 3.63) is 0 Å². The highest BCUT2D eigenvalue weighted by molar-refractivity contribution is 5.77. The van der Waals surface area contributed by atoms with Crippen LogP contribution in [-0.4, -0.2) is 48.0 Å². The van der Waals surface area contributed by atoms with Crippen LogP contribution in [0.15, 0.2) is 0 Å². The van der Waals surface area contributed by atoms with Gasteiger partial charge in [0.1, 0.15) is 0 Å². The lowest BCUT2D eigenvalue weighted by molar-refractivity contribution is -0.146. The second-order valence-electron chi connectivity index (χ2n) is 2.61. The van der Waals surface area contributed by atoms with Crippen LogP contribution in [0.25, 0.3) is 0 Å². The maximum absolute atomic E-state index is 10.9. The van der Waals surface area contributed by atoms with Gasteiger partial charge in [-0.3, -0.25) is 4.79 Å². The summed E-state index contributed by atoms with van der Waals surface area (Å²) < 4.78 is 4.92. The summed E-state index contributed by atoms with van der Waals surface area (Å²) >= 11 is 0. The first-order valence-electron chi connectivity index (χ1n) is 4.33. The van der Waals surface area contributed by atoms with Gasteiger partial charge in [-0.25, -0.2) is 4.79 Å². The highest BCUT2D eigenvalue weighted by Crippen LogP contribution is 1.85. The summed E-state index contributed by atoms with van der Waals surface area (Å²) in [7, 11) is 0. The lowest BCUT2D eigenvalue weighted by Crippen LogP contribution is -2.36. The van der Waals surface area contributed by atoms with Crippen LogP contribution in [0.4, 0.5) is 0 Å². The third-order valence-corrected chi connectivity index (χ3v) is 1.46. The van der Waals surface area contributed by atoms with Crippen molar-refractivity contribution >= 4 is 11.9 Å². The van der Waals surface area contributed by atoms with Gasteiger partial charge in [0.25, 0.3) is 0 Å². The van der Waals surface area contributed by atoms with Crippen molar-refractivity contribution in [3.8, 4) is 0 Å². The molecular formula is C8H15NO5. The molecule has 0 fully saturated rings. The van der Waals surface area contributed by atoms with Gasteiger partial charge < -0.3 is 20.3 Å². The van der Waals surface area contributed by atoms with Crippen molar-refractivity contribution in [3.63, 3.8) is 0 Å². The highest BCUT2D eigenvalue weighted by Gasteiger charge is 2.13. The van der Waals surface area contributed by atoms with Crippen LogP contribution in [0.1, 0.15) is 13.3 Å². The van der Waals surface area contributed by atoms with Gasteiger partial charge >= 0.3 is 5.97 Å². The summed E-state index contributed by atoms with van der Waals surface area (Å²) in [4.78, 5) is 21.1. The zero-order valence-electron chi connectivity index (χ0n) is 8.02. The summed E-state index contributed by atoms with van der Waals surface area (Å²) in [5, 5.41) is 19.4. The molecule has 0 aromatic heterocycles. The Labute approximate surface area is 81.9 Å². The molecule has 1 unspecified atom stereocenters. The van der Waals surface area contributed by atoms with Gasteiger partial charge in [-0.05, 0) is 6.92 Å². The molecule has 1 atom stereocenters. The summed E-state index contributed by atoms with van der Waals surface area (Å²) in [6.07, 6.45) is -1.38. The summed E-state index contributed by atoms with van der Waals surface area (Å²) in [5.41, 5.74) is 0. The fraction of sp³-hybridized carbons (Fsp3) is 0.750. The molecule has 6 nitrogen and oxygen atoms in total. The van der Waals surface area contributed by atoms with E-state index < -0.39 is 12.1 Å². The largest absolute Gasteiger partial charge is 0.479 e. The predicted molar refractivity (Wildman–Crippen MR) is 47.8 cm³/mol. The third kappa shape index (κ3) is 6.38. The molecule has 0 radical (unpaired) electrons. The Kier molecular flexibility index (Phi) is 6.69. The lowest BCUT2D eigenvalue weighted by Gasteiger charge is -2.07. The minimum absolute atomic E-state index is 0.167. The maximum Gasteiger partial charge on any atom is 0.334 e. The smallest absolute Gasteiger partial charge is 0.334 e. The van der Waals surface area contributed by atoms with E-state index >= 15 is 0 Å². The van der Waals surface area contributed by atoms with Crippen LogP contribution in [0.3, 0.4) is 0 Å². The number of carbonyl (C=O) groups excluding carboxylic acids is 1. The minimum atomic E-state index is -1.55. The number of aliphatic hydroxyl groups is 1.